The number of esters is 1. The van der Waals surface area contributed by atoms with Crippen molar-refractivity contribution in [2.75, 3.05) is 32.2 Å². The first-order valence-electron chi connectivity index (χ1n) is 11.6. The molecule has 182 valence electrons. The molecule has 1 aliphatic carbocycles. The van der Waals surface area contributed by atoms with Gasteiger partial charge in [-0.2, -0.15) is 0 Å². The second-order valence-corrected chi connectivity index (χ2v) is 9.46. The van der Waals surface area contributed by atoms with Crippen molar-refractivity contribution in [3.05, 3.63) is 28.8 Å². The van der Waals surface area contributed by atoms with E-state index in [1.165, 1.54) is 7.11 Å². The molecule has 1 saturated carbocycles. The molecule has 1 aromatic carbocycles. The summed E-state index contributed by atoms with van der Waals surface area (Å²) in [6.45, 7) is 10.2. The van der Waals surface area contributed by atoms with Crippen LogP contribution in [0.1, 0.15) is 74.9 Å². The van der Waals surface area contributed by atoms with Gasteiger partial charge < -0.3 is 24.4 Å². The van der Waals surface area contributed by atoms with Gasteiger partial charge in [0.15, 0.2) is 0 Å². The monoisotopic (exact) mass is 458 g/mol. The average molecular weight is 459 g/mol. The minimum absolute atomic E-state index is 0.142. The van der Waals surface area contributed by atoms with Crippen LogP contribution < -0.4 is 4.90 Å². The molecule has 2 rings (SSSR count). The zero-order valence-corrected chi connectivity index (χ0v) is 21.0. The number of benzene rings is 1. The van der Waals surface area contributed by atoms with Crippen LogP contribution in [0.4, 0.5) is 10.5 Å². The fourth-order valence-electron chi connectivity index (χ4n) is 4.40. The maximum Gasteiger partial charge on any atom is 0.410 e. The molecule has 7 heteroatoms. The normalized spacial score (nSPS) is 18.1. The first-order chi connectivity index (χ1) is 15.5. The maximum atomic E-state index is 12.5. The molecule has 1 aromatic rings. The first-order valence-corrected chi connectivity index (χ1v) is 11.6. The molecule has 0 aliphatic heterocycles. The van der Waals surface area contributed by atoms with Crippen LogP contribution in [0, 0.1) is 18.8 Å². The Labute approximate surface area is 198 Å². The Bertz CT molecular complexity index is 902. The van der Waals surface area contributed by atoms with Crippen molar-refractivity contribution in [2.24, 2.45) is 0 Å². The number of rotatable bonds is 5. The van der Waals surface area contributed by atoms with Crippen LogP contribution in [0.15, 0.2) is 12.1 Å². The number of aliphatic hydroxyl groups excluding tert-OH is 1. The third-order valence-corrected chi connectivity index (χ3v) is 6.08. The van der Waals surface area contributed by atoms with Crippen molar-refractivity contribution in [1.29, 1.82) is 0 Å². The van der Waals surface area contributed by atoms with Crippen LogP contribution in [0.2, 0.25) is 0 Å². The van der Waals surface area contributed by atoms with Crippen molar-refractivity contribution in [1.82, 2.24) is 4.90 Å². The Hall–Kier alpha value is -2.72. The quantitative estimate of drug-likeness (QED) is 0.528. The summed E-state index contributed by atoms with van der Waals surface area (Å²) in [5.74, 6) is 5.18. The van der Waals surface area contributed by atoms with E-state index >= 15 is 0 Å². The molecule has 7 nitrogen and oxygen atoms in total. The number of hydrogen-bond donors (Lipinski definition) is 1. The molecule has 33 heavy (non-hydrogen) atoms. The fourth-order valence-corrected chi connectivity index (χ4v) is 4.40. The van der Waals surface area contributed by atoms with Crippen molar-refractivity contribution in [3.8, 4) is 11.8 Å². The van der Waals surface area contributed by atoms with Gasteiger partial charge in [-0.3, -0.25) is 0 Å². The molecular formula is C26H38N2O5. The molecule has 0 heterocycles. The topological polar surface area (TPSA) is 79.3 Å². The summed E-state index contributed by atoms with van der Waals surface area (Å²) in [5.41, 5.74) is 2.44. The summed E-state index contributed by atoms with van der Waals surface area (Å²) in [4.78, 5) is 28.9. The minimum Gasteiger partial charge on any atom is -0.465 e. The van der Waals surface area contributed by atoms with Crippen LogP contribution in [0.5, 0.6) is 0 Å². The molecule has 0 radical (unpaired) electrons. The molecule has 1 N–H and O–H groups in total. The lowest BCUT2D eigenvalue weighted by Gasteiger charge is -2.41. The number of hydrogen-bond acceptors (Lipinski definition) is 6. The summed E-state index contributed by atoms with van der Waals surface area (Å²) in [6.07, 6.45) is 3.32. The SMILES string of the molecule is CCN(c1cc(C#CCO)cc(C(=O)OC)c1C)C1CCC(N(C)C(=O)OC(C)(C)C)CC1. The van der Waals surface area contributed by atoms with Crippen molar-refractivity contribution in [2.45, 2.75) is 78.0 Å². The molecular weight excluding hydrogens is 420 g/mol. The van der Waals surface area contributed by atoms with Gasteiger partial charge in [-0.25, -0.2) is 9.59 Å². The Morgan fingerprint density at radius 2 is 1.76 bits per heavy atom. The van der Waals surface area contributed by atoms with E-state index < -0.39 is 11.6 Å². The zero-order valence-electron chi connectivity index (χ0n) is 21.0. The lowest BCUT2D eigenvalue weighted by molar-refractivity contribution is 0.0183. The van der Waals surface area contributed by atoms with E-state index in [1.807, 2.05) is 40.8 Å². The van der Waals surface area contributed by atoms with Crippen LogP contribution in [-0.2, 0) is 9.47 Å². The number of ether oxygens (including phenoxy) is 2. The second kappa shape index (κ2) is 11.4. The molecule has 1 amide bonds. The number of carbonyl (C=O) groups is 2. The van der Waals surface area contributed by atoms with Crippen LogP contribution in [0.25, 0.3) is 0 Å². The number of anilines is 1. The van der Waals surface area contributed by atoms with Gasteiger partial charge in [0, 0.05) is 36.9 Å². The number of aliphatic hydroxyl groups is 1. The van der Waals surface area contributed by atoms with Crippen molar-refractivity contribution >= 4 is 17.7 Å². The van der Waals surface area contributed by atoms with Gasteiger partial charge in [-0.1, -0.05) is 11.8 Å². The molecule has 1 aliphatic rings. The van der Waals surface area contributed by atoms with E-state index in [2.05, 4.69) is 23.7 Å². The van der Waals surface area contributed by atoms with E-state index in [0.29, 0.717) is 11.1 Å². The largest absolute Gasteiger partial charge is 0.465 e. The van der Waals surface area contributed by atoms with Gasteiger partial charge in [0.2, 0.25) is 0 Å². The number of methoxy groups -OCH3 is 1. The number of nitrogens with zero attached hydrogens (tertiary/aromatic N) is 2. The third-order valence-electron chi connectivity index (χ3n) is 6.08. The van der Waals surface area contributed by atoms with E-state index in [9.17, 15) is 9.59 Å². The van der Waals surface area contributed by atoms with Gasteiger partial charge in [0.25, 0.3) is 0 Å². The van der Waals surface area contributed by atoms with Gasteiger partial charge in [-0.15, -0.1) is 0 Å². The Morgan fingerprint density at radius 1 is 1.15 bits per heavy atom. The molecule has 0 atom stereocenters. The van der Waals surface area contributed by atoms with Gasteiger partial charge >= 0.3 is 12.1 Å². The Morgan fingerprint density at radius 3 is 2.27 bits per heavy atom. The van der Waals surface area contributed by atoms with Gasteiger partial charge in [0.05, 0.1) is 12.7 Å². The zero-order chi connectivity index (χ0) is 24.8. The summed E-state index contributed by atoms with van der Waals surface area (Å²) in [5, 5.41) is 9.09. The standard InChI is InChI=1S/C26H38N2O5/c1-8-28(21-13-11-20(12-14-21)27(6)25(31)33-26(3,4)5)23-17-19(10-9-15-29)16-22(18(23)2)24(30)32-7/h16-17,20-21,29H,8,11-15H2,1-7H3. The third kappa shape index (κ3) is 6.88. The smallest absolute Gasteiger partial charge is 0.410 e. The summed E-state index contributed by atoms with van der Waals surface area (Å²) in [6, 6.07) is 4.12. The lowest BCUT2D eigenvalue weighted by Crippen LogP contribution is -2.46. The number of amides is 1. The average Bonchev–Trinajstić information content (AvgIpc) is 2.77. The maximum absolute atomic E-state index is 12.5. The highest BCUT2D eigenvalue weighted by atomic mass is 16.6. The highest BCUT2D eigenvalue weighted by Crippen LogP contribution is 2.33. The first kappa shape index (κ1) is 26.5. The van der Waals surface area contributed by atoms with Crippen LogP contribution in [-0.4, -0.2) is 67.1 Å². The van der Waals surface area contributed by atoms with E-state index in [4.69, 9.17) is 14.6 Å². The minimum atomic E-state index is -0.514. The molecule has 0 aromatic heterocycles. The van der Waals surface area contributed by atoms with E-state index in [0.717, 1.165) is 43.5 Å². The second-order valence-electron chi connectivity index (χ2n) is 9.46. The molecule has 0 bridgehead atoms. The van der Waals surface area contributed by atoms with Crippen molar-refractivity contribution < 1.29 is 24.2 Å². The predicted molar refractivity (Wildman–Crippen MR) is 130 cm³/mol. The lowest BCUT2D eigenvalue weighted by atomic mass is 9.88. The molecule has 0 unspecified atom stereocenters. The van der Waals surface area contributed by atoms with E-state index in [-0.39, 0.29) is 24.8 Å². The molecule has 0 saturated heterocycles. The van der Waals surface area contributed by atoms with Gasteiger partial charge in [-0.05, 0) is 78.0 Å². The summed E-state index contributed by atoms with van der Waals surface area (Å²) < 4.78 is 10.5. The molecule has 0 spiro atoms. The Balaban J connectivity index is 2.24. The summed E-state index contributed by atoms with van der Waals surface area (Å²) in [7, 11) is 3.18. The highest BCUT2D eigenvalue weighted by molar-refractivity contribution is 5.93. The van der Waals surface area contributed by atoms with Crippen molar-refractivity contribution in [3.63, 3.8) is 0 Å². The van der Waals surface area contributed by atoms with Gasteiger partial charge in [0.1, 0.15) is 12.2 Å². The van der Waals surface area contributed by atoms with E-state index in [1.54, 1.807) is 11.0 Å². The predicted octanol–water partition coefficient (Wildman–Crippen LogP) is 4.13. The number of carbonyl (C=O) groups excluding carboxylic acids is 2. The molecule has 1 fully saturated rings. The van der Waals surface area contributed by atoms with Crippen LogP contribution >= 0.6 is 0 Å². The fraction of sp³-hybridized carbons (Fsp3) is 0.615. The highest BCUT2D eigenvalue weighted by Gasteiger charge is 2.32. The summed E-state index contributed by atoms with van der Waals surface area (Å²) >= 11 is 0. The Kier molecular flexibility index (Phi) is 9.18. The van der Waals surface area contributed by atoms with Crippen LogP contribution in [0.3, 0.4) is 0 Å².